The number of ether oxygens (including phenoxy) is 1. The van der Waals surface area contributed by atoms with E-state index in [2.05, 4.69) is 34.5 Å². The first-order valence-corrected chi connectivity index (χ1v) is 14.2. The molecule has 8 N–H and O–H groups in total. The largest absolute Gasteiger partial charge is 0.492 e. The van der Waals surface area contributed by atoms with Crippen molar-refractivity contribution in [3.05, 3.63) is 29.3 Å². The highest BCUT2D eigenvalue weighted by Crippen LogP contribution is 2.46. The number of aliphatic imine (C=N–C) groups is 2. The van der Waals surface area contributed by atoms with Crippen molar-refractivity contribution in [1.29, 1.82) is 0 Å². The van der Waals surface area contributed by atoms with Crippen LogP contribution in [0.2, 0.25) is 0 Å². The second-order valence-corrected chi connectivity index (χ2v) is 12.6. The molecule has 0 bridgehead atoms. The molecular weight excluding hydrogens is 546 g/mol. The summed E-state index contributed by atoms with van der Waals surface area (Å²) in [5, 5.41) is 29.2. The summed E-state index contributed by atoms with van der Waals surface area (Å²) >= 11 is 0. The van der Waals surface area contributed by atoms with Crippen molar-refractivity contribution in [3.63, 3.8) is 0 Å². The van der Waals surface area contributed by atoms with Crippen LogP contribution >= 0.6 is 0 Å². The van der Waals surface area contributed by atoms with Crippen molar-refractivity contribution in [2.24, 2.45) is 21.5 Å². The van der Waals surface area contributed by atoms with Gasteiger partial charge in [-0.05, 0) is 30.7 Å². The maximum Gasteiger partial charge on any atom is 0.327 e. The van der Waals surface area contributed by atoms with Crippen molar-refractivity contribution in [2.75, 3.05) is 26.2 Å². The number of hydrogen-bond acceptors (Lipinski definition) is 12. The Balaban J connectivity index is 1.18. The molecule has 15 nitrogen and oxygen atoms in total. The molecule has 6 aliphatic rings. The second-order valence-electron chi connectivity index (χ2n) is 12.6. The van der Waals surface area contributed by atoms with Crippen molar-refractivity contribution in [1.82, 2.24) is 25.3 Å². The van der Waals surface area contributed by atoms with E-state index < -0.39 is 41.5 Å². The van der Waals surface area contributed by atoms with Crippen LogP contribution in [-0.2, 0) is 10.2 Å². The van der Waals surface area contributed by atoms with E-state index in [1.807, 2.05) is 6.07 Å². The van der Waals surface area contributed by atoms with Crippen LogP contribution in [0.1, 0.15) is 49.0 Å². The topological polar surface area (TPSA) is 211 Å². The zero-order chi connectivity index (χ0) is 29.8. The van der Waals surface area contributed by atoms with Gasteiger partial charge < -0.3 is 46.9 Å². The van der Waals surface area contributed by atoms with Gasteiger partial charge in [0.1, 0.15) is 24.4 Å². The van der Waals surface area contributed by atoms with Gasteiger partial charge in [-0.2, -0.15) is 0 Å². The van der Waals surface area contributed by atoms with E-state index in [0.717, 1.165) is 29.7 Å². The zero-order valence-electron chi connectivity index (χ0n) is 23.4. The summed E-state index contributed by atoms with van der Waals surface area (Å²) in [4.78, 5) is 52.4. The fourth-order valence-corrected chi connectivity index (χ4v) is 7.02. The van der Waals surface area contributed by atoms with E-state index in [-0.39, 0.29) is 54.5 Å². The molecule has 0 aromatic heterocycles. The van der Waals surface area contributed by atoms with Crippen LogP contribution < -0.4 is 26.8 Å². The fourth-order valence-electron chi connectivity index (χ4n) is 7.02. The highest BCUT2D eigenvalue weighted by atomic mass is 16.5. The number of aliphatic hydroxyl groups is 2. The van der Waals surface area contributed by atoms with E-state index in [1.54, 1.807) is 17.0 Å². The number of amides is 4. The lowest BCUT2D eigenvalue weighted by atomic mass is 9.79. The molecule has 4 amide bonds. The molecule has 4 atom stereocenters. The highest BCUT2D eigenvalue weighted by Gasteiger charge is 2.73. The highest BCUT2D eigenvalue weighted by molar-refractivity contribution is 6.02. The minimum absolute atomic E-state index is 0.0108. The van der Waals surface area contributed by atoms with Gasteiger partial charge in [0.2, 0.25) is 11.7 Å². The number of para-hydroxylation sites is 1. The molecule has 7 rings (SSSR count). The van der Waals surface area contributed by atoms with E-state index in [1.165, 1.54) is 4.90 Å². The van der Waals surface area contributed by atoms with Gasteiger partial charge in [-0.25, -0.2) is 14.8 Å². The minimum atomic E-state index is -2.66. The number of guanidine groups is 2. The third-order valence-corrected chi connectivity index (χ3v) is 9.51. The smallest absolute Gasteiger partial charge is 0.327 e. The lowest BCUT2D eigenvalue weighted by molar-refractivity contribution is -0.230. The van der Waals surface area contributed by atoms with Gasteiger partial charge in [-0.1, -0.05) is 26.0 Å². The summed E-state index contributed by atoms with van der Waals surface area (Å²) in [5.41, 5.74) is 11.6. The van der Waals surface area contributed by atoms with Gasteiger partial charge in [0, 0.05) is 18.2 Å². The number of nitrogens with zero attached hydrogens (tertiary/aromatic N) is 5. The molecular formula is C27H35N9O6. The number of urea groups is 1. The van der Waals surface area contributed by atoms with Crippen LogP contribution in [0.15, 0.2) is 28.2 Å². The summed E-state index contributed by atoms with van der Waals surface area (Å²) in [6, 6.07) is 1.73. The van der Waals surface area contributed by atoms with Crippen molar-refractivity contribution >= 4 is 29.8 Å². The lowest BCUT2D eigenvalue weighted by Crippen LogP contribution is -2.78. The van der Waals surface area contributed by atoms with Gasteiger partial charge in [0.15, 0.2) is 17.6 Å². The molecule has 1 spiro atoms. The lowest BCUT2D eigenvalue weighted by Gasteiger charge is -2.49. The Labute approximate surface area is 241 Å². The van der Waals surface area contributed by atoms with Crippen molar-refractivity contribution in [2.45, 2.75) is 74.1 Å². The van der Waals surface area contributed by atoms with E-state index in [4.69, 9.17) is 16.2 Å². The molecule has 5 heterocycles. The van der Waals surface area contributed by atoms with Gasteiger partial charge in [-0.3, -0.25) is 14.5 Å². The normalized spacial score (nSPS) is 32.4. The Bertz CT molecular complexity index is 1460. The number of benzene rings is 1. The Kier molecular flexibility index (Phi) is 5.55. The monoisotopic (exact) mass is 581 g/mol. The maximum atomic E-state index is 13.6. The third kappa shape index (κ3) is 3.62. The third-order valence-electron chi connectivity index (χ3n) is 9.51. The van der Waals surface area contributed by atoms with Crippen molar-refractivity contribution < 1.29 is 29.3 Å². The van der Waals surface area contributed by atoms with E-state index >= 15 is 0 Å². The van der Waals surface area contributed by atoms with E-state index in [9.17, 15) is 24.6 Å². The SMILES string of the molecule is CC1(C)CCOc2c(C(=O)NC3CN4C(N)=N[C@@H](CN5C(=O)CN(C6CC6)C5=O)[C@@H]5N=C(N)N[C@@]54C3(O)O)cccc21. The number of carbonyl (C=O) groups excluding carboxylic acids is 3. The first-order valence-electron chi connectivity index (χ1n) is 14.2. The number of hydrogen-bond donors (Lipinski definition) is 6. The average molecular weight is 582 g/mol. The number of imide groups is 1. The minimum Gasteiger partial charge on any atom is -0.492 e. The molecule has 5 aliphatic heterocycles. The predicted molar refractivity (Wildman–Crippen MR) is 148 cm³/mol. The molecule has 1 aromatic rings. The summed E-state index contributed by atoms with van der Waals surface area (Å²) < 4.78 is 5.90. The first kappa shape index (κ1) is 26.8. The van der Waals surface area contributed by atoms with Crippen LogP contribution in [-0.4, -0.2) is 117 Å². The molecule has 3 fully saturated rings. The van der Waals surface area contributed by atoms with Gasteiger partial charge in [0.05, 0.1) is 24.8 Å². The predicted octanol–water partition coefficient (Wildman–Crippen LogP) is -2.05. The number of carbonyl (C=O) groups is 3. The summed E-state index contributed by atoms with van der Waals surface area (Å²) in [6.45, 7) is 4.30. The molecule has 0 radical (unpaired) electrons. The average Bonchev–Trinajstić information content (AvgIpc) is 3.59. The number of fused-ring (bicyclic) bond motifs is 1. The molecule has 1 unspecified atom stereocenters. The van der Waals surface area contributed by atoms with Crippen LogP contribution in [0.5, 0.6) is 5.75 Å². The Hall–Kier alpha value is -4.11. The Morgan fingerprint density at radius 2 is 1.98 bits per heavy atom. The van der Waals surface area contributed by atoms with Gasteiger partial charge >= 0.3 is 6.03 Å². The van der Waals surface area contributed by atoms with E-state index in [0.29, 0.717) is 12.4 Å². The van der Waals surface area contributed by atoms with Gasteiger partial charge in [0.25, 0.3) is 5.91 Å². The quantitative estimate of drug-likeness (QED) is 0.165. The van der Waals surface area contributed by atoms with Gasteiger partial charge in [-0.15, -0.1) is 0 Å². The number of nitrogens with two attached hydrogens (primary N) is 2. The molecule has 1 saturated carbocycles. The van der Waals surface area contributed by atoms with Crippen molar-refractivity contribution in [3.8, 4) is 5.75 Å². The molecule has 224 valence electrons. The van der Waals surface area contributed by atoms with Crippen LogP contribution in [0.3, 0.4) is 0 Å². The molecule has 1 aromatic carbocycles. The number of nitrogens with one attached hydrogen (secondary N) is 2. The second kappa shape index (κ2) is 8.70. The molecule has 1 aliphatic carbocycles. The summed E-state index contributed by atoms with van der Waals surface area (Å²) in [7, 11) is 0. The van der Waals surface area contributed by atoms with Crippen LogP contribution in [0.4, 0.5) is 4.79 Å². The summed E-state index contributed by atoms with van der Waals surface area (Å²) in [5.74, 6) is -3.28. The maximum absolute atomic E-state index is 13.6. The van der Waals surface area contributed by atoms with Crippen LogP contribution in [0.25, 0.3) is 0 Å². The molecule has 42 heavy (non-hydrogen) atoms. The standard InChI is InChI=1S/C27H35N9O6/c1-25(2)8-9-42-19-14(4-3-5-15(19)25)21(38)31-17-11-36-23(29)30-16(20-26(36,27(17,40)41)33-22(28)32-20)10-35-18(37)12-34(24(35)39)13-6-7-13/h3-5,13,16-17,20,40-41H,6-12H2,1-2H3,(H2,29,30)(H,31,38)(H3,28,32,33)/t16-,17?,20-,26-/m0/s1. The Morgan fingerprint density at radius 1 is 1.21 bits per heavy atom. The van der Waals surface area contributed by atoms with Crippen LogP contribution in [0, 0.1) is 0 Å². The Morgan fingerprint density at radius 3 is 2.71 bits per heavy atom. The fraction of sp³-hybridized carbons (Fsp3) is 0.593. The zero-order valence-corrected chi connectivity index (χ0v) is 23.4. The molecule has 2 saturated heterocycles. The molecule has 15 heteroatoms. The number of rotatable bonds is 5. The summed E-state index contributed by atoms with van der Waals surface area (Å²) in [6.07, 6.45) is 2.50. The first-order chi connectivity index (χ1) is 19.8.